The van der Waals surface area contributed by atoms with E-state index in [1.807, 2.05) is 13.0 Å². The van der Waals surface area contributed by atoms with Crippen LogP contribution in [0.5, 0.6) is 0 Å². The van der Waals surface area contributed by atoms with Gasteiger partial charge in [-0.2, -0.15) is 4.31 Å². The zero-order valence-electron chi connectivity index (χ0n) is 15.1. The Balaban J connectivity index is 1.80. The number of carbonyl (C=O) groups excluding carboxylic acids is 2. The quantitative estimate of drug-likeness (QED) is 0.819. The number of hydrogen-bond acceptors (Lipinski definition) is 5. The van der Waals surface area contributed by atoms with E-state index in [2.05, 4.69) is 5.32 Å². The standard InChI is InChI=1S/C18H21N3O5S/c1-13-6-7-15(26-13)11-20(2)18(23)14-4-3-5-16(10-14)27(24,25)21-9-8-19-17(22)12-21/h3-7,10H,8-9,11-12H2,1-2H3,(H,19,22). The van der Waals surface area contributed by atoms with Crippen molar-refractivity contribution in [2.75, 3.05) is 26.7 Å². The monoisotopic (exact) mass is 391 g/mol. The van der Waals surface area contributed by atoms with Crippen molar-refractivity contribution >= 4 is 21.8 Å². The lowest BCUT2D eigenvalue weighted by Crippen LogP contribution is -2.49. The van der Waals surface area contributed by atoms with Gasteiger partial charge in [-0.15, -0.1) is 0 Å². The molecule has 0 unspecified atom stereocenters. The van der Waals surface area contributed by atoms with Gasteiger partial charge < -0.3 is 14.6 Å². The van der Waals surface area contributed by atoms with Crippen LogP contribution in [0.1, 0.15) is 21.9 Å². The molecular weight excluding hydrogens is 370 g/mol. The van der Waals surface area contributed by atoms with Gasteiger partial charge in [0.05, 0.1) is 18.0 Å². The number of piperazine rings is 1. The van der Waals surface area contributed by atoms with Gasteiger partial charge in [0.1, 0.15) is 11.5 Å². The molecule has 9 heteroatoms. The minimum absolute atomic E-state index is 0.00899. The molecule has 1 aromatic heterocycles. The van der Waals surface area contributed by atoms with Crippen LogP contribution in [-0.2, 0) is 21.4 Å². The molecule has 8 nitrogen and oxygen atoms in total. The number of benzene rings is 1. The zero-order chi connectivity index (χ0) is 19.6. The van der Waals surface area contributed by atoms with E-state index in [0.717, 1.165) is 10.1 Å². The van der Waals surface area contributed by atoms with Gasteiger partial charge >= 0.3 is 0 Å². The Morgan fingerprint density at radius 2 is 2.07 bits per heavy atom. The van der Waals surface area contributed by atoms with Crippen molar-refractivity contribution in [2.45, 2.75) is 18.4 Å². The second kappa shape index (κ2) is 7.53. The molecule has 3 rings (SSSR count). The van der Waals surface area contributed by atoms with Crippen LogP contribution < -0.4 is 5.32 Å². The minimum Gasteiger partial charge on any atom is -0.464 e. The third-order valence-electron chi connectivity index (χ3n) is 4.26. The number of sulfonamides is 1. The maximum atomic E-state index is 12.8. The van der Waals surface area contributed by atoms with Crippen LogP contribution >= 0.6 is 0 Å². The minimum atomic E-state index is -3.85. The van der Waals surface area contributed by atoms with Crippen molar-refractivity contribution in [3.63, 3.8) is 0 Å². The summed E-state index contributed by atoms with van der Waals surface area (Å²) in [5.74, 6) is 0.735. The van der Waals surface area contributed by atoms with E-state index < -0.39 is 10.0 Å². The molecular formula is C18H21N3O5S. The molecule has 0 saturated carbocycles. The fourth-order valence-electron chi connectivity index (χ4n) is 2.86. The van der Waals surface area contributed by atoms with Crippen LogP contribution in [0.4, 0.5) is 0 Å². The second-order valence-electron chi connectivity index (χ2n) is 6.39. The van der Waals surface area contributed by atoms with Crippen LogP contribution in [0.15, 0.2) is 45.7 Å². The predicted octanol–water partition coefficient (Wildman–Crippen LogP) is 0.981. The molecule has 0 radical (unpaired) electrons. The van der Waals surface area contributed by atoms with E-state index in [1.165, 1.54) is 23.1 Å². The fraction of sp³-hybridized carbons (Fsp3) is 0.333. The van der Waals surface area contributed by atoms with Crippen LogP contribution in [0.2, 0.25) is 0 Å². The number of aryl methyl sites for hydroxylation is 1. The molecule has 1 fully saturated rings. The zero-order valence-corrected chi connectivity index (χ0v) is 16.0. The third kappa shape index (κ3) is 4.20. The summed E-state index contributed by atoms with van der Waals surface area (Å²) in [6, 6.07) is 9.46. The van der Waals surface area contributed by atoms with E-state index in [0.29, 0.717) is 5.76 Å². The van der Waals surface area contributed by atoms with Crippen molar-refractivity contribution in [1.82, 2.24) is 14.5 Å². The SMILES string of the molecule is Cc1ccc(CN(C)C(=O)c2cccc(S(=O)(=O)N3CCNC(=O)C3)c2)o1. The maximum Gasteiger partial charge on any atom is 0.254 e. The molecule has 27 heavy (non-hydrogen) atoms. The number of nitrogens with zero attached hydrogens (tertiary/aromatic N) is 2. The Hall–Kier alpha value is -2.65. The lowest BCUT2D eigenvalue weighted by molar-refractivity contribution is -0.122. The highest BCUT2D eigenvalue weighted by molar-refractivity contribution is 7.89. The Morgan fingerprint density at radius 1 is 1.30 bits per heavy atom. The van der Waals surface area contributed by atoms with Crippen molar-refractivity contribution in [3.05, 3.63) is 53.5 Å². The smallest absolute Gasteiger partial charge is 0.254 e. The maximum absolute atomic E-state index is 12.8. The first kappa shape index (κ1) is 19.1. The molecule has 0 aliphatic carbocycles. The molecule has 1 aliphatic heterocycles. The van der Waals surface area contributed by atoms with E-state index in [9.17, 15) is 18.0 Å². The van der Waals surface area contributed by atoms with Gasteiger partial charge in [0.15, 0.2) is 0 Å². The molecule has 0 bridgehead atoms. The molecule has 2 amide bonds. The summed E-state index contributed by atoms with van der Waals surface area (Å²) in [4.78, 5) is 25.6. The number of hydrogen-bond donors (Lipinski definition) is 1. The molecule has 2 heterocycles. The summed E-state index contributed by atoms with van der Waals surface area (Å²) in [6.45, 7) is 2.33. The molecule has 0 spiro atoms. The van der Waals surface area contributed by atoms with Gasteiger partial charge in [0.25, 0.3) is 5.91 Å². The molecule has 2 aromatic rings. The predicted molar refractivity (Wildman–Crippen MR) is 97.5 cm³/mol. The normalized spacial score (nSPS) is 15.4. The van der Waals surface area contributed by atoms with Crippen LogP contribution in [0, 0.1) is 6.92 Å². The van der Waals surface area contributed by atoms with Crippen LogP contribution in [-0.4, -0.2) is 56.1 Å². The number of nitrogens with one attached hydrogen (secondary N) is 1. The molecule has 1 N–H and O–H groups in total. The van der Waals surface area contributed by atoms with Gasteiger partial charge in [-0.05, 0) is 37.3 Å². The molecule has 0 atom stereocenters. The van der Waals surface area contributed by atoms with E-state index in [1.54, 1.807) is 19.2 Å². The van der Waals surface area contributed by atoms with Crippen LogP contribution in [0.25, 0.3) is 0 Å². The molecule has 1 aromatic carbocycles. The summed E-state index contributed by atoms with van der Waals surface area (Å²) in [5.41, 5.74) is 0.253. The Bertz CT molecular complexity index is 967. The van der Waals surface area contributed by atoms with Crippen molar-refractivity contribution in [1.29, 1.82) is 0 Å². The first-order valence-corrected chi connectivity index (χ1v) is 9.89. The van der Waals surface area contributed by atoms with Gasteiger partial charge in [-0.1, -0.05) is 6.07 Å². The van der Waals surface area contributed by atoms with Crippen molar-refractivity contribution in [2.24, 2.45) is 0 Å². The summed E-state index contributed by atoms with van der Waals surface area (Å²) in [7, 11) is -2.23. The molecule has 1 saturated heterocycles. The number of furan rings is 1. The number of amides is 2. The van der Waals surface area contributed by atoms with Gasteiger partial charge in [-0.25, -0.2) is 8.42 Å². The Labute approximate surface area is 157 Å². The second-order valence-corrected chi connectivity index (χ2v) is 8.33. The molecule has 1 aliphatic rings. The summed E-state index contributed by atoms with van der Waals surface area (Å²) in [5, 5.41) is 2.59. The van der Waals surface area contributed by atoms with E-state index in [-0.39, 0.29) is 48.5 Å². The highest BCUT2D eigenvalue weighted by Crippen LogP contribution is 2.19. The number of rotatable bonds is 5. The highest BCUT2D eigenvalue weighted by atomic mass is 32.2. The van der Waals surface area contributed by atoms with Gasteiger partial charge in [0, 0.05) is 25.7 Å². The summed E-state index contributed by atoms with van der Waals surface area (Å²) >= 11 is 0. The summed E-state index contributed by atoms with van der Waals surface area (Å²) in [6.07, 6.45) is 0. The Kier molecular flexibility index (Phi) is 5.33. The van der Waals surface area contributed by atoms with E-state index in [4.69, 9.17) is 4.42 Å². The van der Waals surface area contributed by atoms with E-state index >= 15 is 0 Å². The summed E-state index contributed by atoms with van der Waals surface area (Å²) < 4.78 is 32.1. The fourth-order valence-corrected chi connectivity index (χ4v) is 4.30. The van der Waals surface area contributed by atoms with Crippen LogP contribution in [0.3, 0.4) is 0 Å². The van der Waals surface area contributed by atoms with Crippen molar-refractivity contribution < 1.29 is 22.4 Å². The third-order valence-corrected chi connectivity index (χ3v) is 6.10. The lowest BCUT2D eigenvalue weighted by atomic mass is 10.2. The Morgan fingerprint density at radius 3 is 2.74 bits per heavy atom. The van der Waals surface area contributed by atoms with Crippen molar-refractivity contribution in [3.8, 4) is 0 Å². The van der Waals surface area contributed by atoms with Gasteiger partial charge in [-0.3, -0.25) is 9.59 Å². The van der Waals surface area contributed by atoms with Gasteiger partial charge in [0.2, 0.25) is 15.9 Å². The lowest BCUT2D eigenvalue weighted by Gasteiger charge is -2.26. The topological polar surface area (TPSA) is 99.9 Å². The highest BCUT2D eigenvalue weighted by Gasteiger charge is 2.29. The molecule has 144 valence electrons. The first-order chi connectivity index (χ1) is 12.8. The number of carbonyl (C=O) groups is 2. The average Bonchev–Trinajstić information content (AvgIpc) is 3.06. The largest absolute Gasteiger partial charge is 0.464 e. The first-order valence-electron chi connectivity index (χ1n) is 8.45. The average molecular weight is 391 g/mol.